The summed E-state index contributed by atoms with van der Waals surface area (Å²) in [6, 6.07) is 0. The molecule has 1 aliphatic carbocycles. The van der Waals surface area contributed by atoms with Gasteiger partial charge in [0.25, 0.3) is 5.89 Å². The first-order valence-electron chi connectivity index (χ1n) is 6.95. The first kappa shape index (κ1) is 12.1. The highest BCUT2D eigenvalue weighted by atomic mass is 16.5. The molecule has 4 atom stereocenters. The smallest absolute Gasteiger partial charge is 0.255 e. The van der Waals surface area contributed by atoms with E-state index in [2.05, 4.69) is 17.1 Å². The fourth-order valence-corrected chi connectivity index (χ4v) is 3.05. The lowest BCUT2D eigenvalue weighted by atomic mass is 10.1. The van der Waals surface area contributed by atoms with Crippen LogP contribution in [0.4, 0.5) is 0 Å². The molecule has 2 fully saturated rings. The van der Waals surface area contributed by atoms with Crippen LogP contribution in [0.2, 0.25) is 0 Å². The Hall–Kier alpha value is -0.940. The standard InChI is InChI=1S/C13H21N3O2/c1-8-2-3-9(6-8)12-15-13(18-16-12)11-5-4-10(7-14)17-11/h8-11H,2-7,14H2,1H3. The lowest BCUT2D eigenvalue weighted by Gasteiger charge is -2.07. The number of nitrogens with two attached hydrogens (primary N) is 1. The molecule has 1 saturated heterocycles. The first-order valence-corrected chi connectivity index (χ1v) is 6.95. The van der Waals surface area contributed by atoms with Gasteiger partial charge in [0.15, 0.2) is 5.82 Å². The van der Waals surface area contributed by atoms with Crippen LogP contribution in [0.5, 0.6) is 0 Å². The second kappa shape index (κ2) is 4.97. The minimum absolute atomic E-state index is 0.0429. The molecule has 0 aromatic carbocycles. The van der Waals surface area contributed by atoms with E-state index in [4.69, 9.17) is 15.0 Å². The van der Waals surface area contributed by atoms with Crippen LogP contribution in [0, 0.1) is 5.92 Å². The number of aromatic nitrogens is 2. The van der Waals surface area contributed by atoms with E-state index in [0.29, 0.717) is 18.4 Å². The van der Waals surface area contributed by atoms with Crippen molar-refractivity contribution >= 4 is 0 Å². The number of rotatable bonds is 3. The zero-order valence-electron chi connectivity index (χ0n) is 10.8. The maximum Gasteiger partial charge on any atom is 0.255 e. The lowest BCUT2D eigenvalue weighted by Crippen LogP contribution is -2.18. The van der Waals surface area contributed by atoms with Gasteiger partial charge in [-0.15, -0.1) is 0 Å². The van der Waals surface area contributed by atoms with Crippen molar-refractivity contribution in [2.45, 2.75) is 57.2 Å². The third-order valence-corrected chi connectivity index (χ3v) is 4.16. The van der Waals surface area contributed by atoms with Gasteiger partial charge < -0.3 is 15.0 Å². The Balaban J connectivity index is 1.66. The van der Waals surface area contributed by atoms with E-state index >= 15 is 0 Å². The Labute approximate surface area is 107 Å². The lowest BCUT2D eigenvalue weighted by molar-refractivity contribution is 0.0307. The molecule has 1 aliphatic heterocycles. The van der Waals surface area contributed by atoms with E-state index in [-0.39, 0.29) is 12.2 Å². The average molecular weight is 251 g/mol. The number of ether oxygens (including phenoxy) is 1. The summed E-state index contributed by atoms with van der Waals surface area (Å²) in [5, 5.41) is 4.13. The van der Waals surface area contributed by atoms with E-state index < -0.39 is 0 Å². The predicted octanol–water partition coefficient (Wildman–Crippen LogP) is 2.15. The molecule has 5 heteroatoms. The third kappa shape index (κ3) is 2.29. The average Bonchev–Trinajstić information content (AvgIpc) is 3.07. The highest BCUT2D eigenvalue weighted by molar-refractivity contribution is 5.01. The van der Waals surface area contributed by atoms with Crippen molar-refractivity contribution in [2.24, 2.45) is 11.7 Å². The topological polar surface area (TPSA) is 74.2 Å². The van der Waals surface area contributed by atoms with Gasteiger partial charge in [0.2, 0.25) is 0 Å². The maximum atomic E-state index is 5.77. The Kier molecular flexibility index (Phi) is 3.35. The van der Waals surface area contributed by atoms with Gasteiger partial charge in [-0.1, -0.05) is 12.1 Å². The minimum atomic E-state index is -0.0429. The van der Waals surface area contributed by atoms with Crippen LogP contribution in [0.1, 0.15) is 62.8 Å². The molecular weight excluding hydrogens is 230 g/mol. The molecule has 2 aliphatic rings. The Morgan fingerprint density at radius 1 is 1.28 bits per heavy atom. The first-order chi connectivity index (χ1) is 8.76. The number of nitrogens with zero attached hydrogens (tertiary/aromatic N) is 2. The maximum absolute atomic E-state index is 5.77. The van der Waals surface area contributed by atoms with Gasteiger partial charge in [-0.05, 0) is 38.0 Å². The molecule has 18 heavy (non-hydrogen) atoms. The molecule has 3 rings (SSSR count). The van der Waals surface area contributed by atoms with E-state index in [1.165, 1.54) is 19.3 Å². The molecule has 1 aromatic heterocycles. The van der Waals surface area contributed by atoms with Gasteiger partial charge in [0.05, 0.1) is 6.10 Å². The minimum Gasteiger partial charge on any atom is -0.364 e. The summed E-state index contributed by atoms with van der Waals surface area (Å²) >= 11 is 0. The van der Waals surface area contributed by atoms with Gasteiger partial charge in [-0.25, -0.2) is 0 Å². The zero-order chi connectivity index (χ0) is 12.5. The summed E-state index contributed by atoms with van der Waals surface area (Å²) in [7, 11) is 0. The van der Waals surface area contributed by atoms with Gasteiger partial charge in [-0.2, -0.15) is 4.98 Å². The summed E-state index contributed by atoms with van der Waals surface area (Å²) in [6.45, 7) is 2.85. The zero-order valence-corrected chi connectivity index (χ0v) is 10.8. The Morgan fingerprint density at radius 2 is 2.17 bits per heavy atom. The van der Waals surface area contributed by atoms with E-state index in [1.807, 2.05) is 0 Å². The summed E-state index contributed by atoms with van der Waals surface area (Å²) in [6.07, 6.45) is 5.65. The van der Waals surface area contributed by atoms with Crippen LogP contribution < -0.4 is 5.73 Å². The number of hydrogen-bond acceptors (Lipinski definition) is 5. The second-order valence-corrected chi connectivity index (χ2v) is 5.67. The molecular formula is C13H21N3O2. The van der Waals surface area contributed by atoms with Crippen molar-refractivity contribution in [1.29, 1.82) is 0 Å². The molecule has 1 aromatic rings. The van der Waals surface area contributed by atoms with Gasteiger partial charge >= 0.3 is 0 Å². The monoisotopic (exact) mass is 251 g/mol. The van der Waals surface area contributed by atoms with Crippen molar-refractivity contribution < 1.29 is 9.26 Å². The predicted molar refractivity (Wildman–Crippen MR) is 66.0 cm³/mol. The third-order valence-electron chi connectivity index (χ3n) is 4.16. The fraction of sp³-hybridized carbons (Fsp3) is 0.846. The quantitative estimate of drug-likeness (QED) is 0.891. The van der Waals surface area contributed by atoms with Crippen molar-refractivity contribution in [3.8, 4) is 0 Å². The SMILES string of the molecule is CC1CCC(c2noc(C3CCC(CN)O3)n2)C1. The molecule has 0 amide bonds. The van der Waals surface area contributed by atoms with E-state index in [9.17, 15) is 0 Å². The van der Waals surface area contributed by atoms with Gasteiger partial charge in [-0.3, -0.25) is 0 Å². The van der Waals surface area contributed by atoms with Crippen LogP contribution in [0.15, 0.2) is 4.52 Å². The molecule has 4 unspecified atom stereocenters. The summed E-state index contributed by atoms with van der Waals surface area (Å²) in [4.78, 5) is 4.53. The van der Waals surface area contributed by atoms with Crippen LogP contribution in [-0.2, 0) is 4.74 Å². The summed E-state index contributed by atoms with van der Waals surface area (Å²) < 4.78 is 11.1. The molecule has 2 N–H and O–H groups in total. The van der Waals surface area contributed by atoms with Gasteiger partial charge in [0, 0.05) is 12.5 Å². The molecule has 2 heterocycles. The summed E-state index contributed by atoms with van der Waals surface area (Å²) in [5.41, 5.74) is 5.60. The molecule has 0 spiro atoms. The summed E-state index contributed by atoms with van der Waals surface area (Å²) in [5.74, 6) is 2.76. The van der Waals surface area contributed by atoms with Crippen molar-refractivity contribution in [3.63, 3.8) is 0 Å². The molecule has 0 bridgehead atoms. The van der Waals surface area contributed by atoms with Gasteiger partial charge in [0.1, 0.15) is 6.10 Å². The van der Waals surface area contributed by atoms with E-state index in [1.54, 1.807) is 0 Å². The molecule has 100 valence electrons. The Morgan fingerprint density at radius 3 is 2.83 bits per heavy atom. The molecule has 0 radical (unpaired) electrons. The van der Waals surface area contributed by atoms with Crippen LogP contribution in [0.3, 0.4) is 0 Å². The van der Waals surface area contributed by atoms with Crippen molar-refractivity contribution in [2.75, 3.05) is 6.54 Å². The van der Waals surface area contributed by atoms with Crippen LogP contribution >= 0.6 is 0 Å². The van der Waals surface area contributed by atoms with Crippen molar-refractivity contribution in [3.05, 3.63) is 11.7 Å². The molecule has 1 saturated carbocycles. The van der Waals surface area contributed by atoms with Crippen LogP contribution in [-0.4, -0.2) is 22.8 Å². The highest BCUT2D eigenvalue weighted by Crippen LogP contribution is 2.38. The normalized spacial score (nSPS) is 36.3. The second-order valence-electron chi connectivity index (χ2n) is 5.67. The number of hydrogen-bond donors (Lipinski definition) is 1. The van der Waals surface area contributed by atoms with Crippen molar-refractivity contribution in [1.82, 2.24) is 10.1 Å². The molecule has 5 nitrogen and oxygen atoms in total. The fourth-order valence-electron chi connectivity index (χ4n) is 3.05. The highest BCUT2D eigenvalue weighted by Gasteiger charge is 2.32. The largest absolute Gasteiger partial charge is 0.364 e. The Bertz CT molecular complexity index is 407. The van der Waals surface area contributed by atoms with E-state index in [0.717, 1.165) is 24.6 Å². The van der Waals surface area contributed by atoms with Crippen LogP contribution in [0.25, 0.3) is 0 Å².